The number of amides is 1. The molecule has 0 fully saturated rings. The van der Waals surface area contributed by atoms with E-state index in [0.29, 0.717) is 12.2 Å². The lowest BCUT2D eigenvalue weighted by molar-refractivity contribution is 0.0945. The smallest absolute Gasteiger partial charge is 0.274 e. The fraction of sp³-hybridized carbons (Fsp3) is 0.308. The molecule has 0 aliphatic rings. The van der Waals surface area contributed by atoms with Crippen LogP contribution in [-0.4, -0.2) is 25.1 Å². The molecule has 8 heteroatoms. The number of hydrogen-bond donors (Lipinski definition) is 2. The van der Waals surface area contributed by atoms with Crippen LogP contribution >= 0.6 is 11.3 Å². The minimum absolute atomic E-state index is 0.248. The van der Waals surface area contributed by atoms with E-state index >= 15 is 0 Å². The van der Waals surface area contributed by atoms with Crippen molar-refractivity contribution in [3.05, 3.63) is 34.4 Å². The van der Waals surface area contributed by atoms with Crippen LogP contribution in [-0.2, 0) is 13.6 Å². The van der Waals surface area contributed by atoms with Gasteiger partial charge in [0.15, 0.2) is 10.7 Å². The van der Waals surface area contributed by atoms with Crippen LogP contribution in [0.3, 0.4) is 0 Å². The number of hydrogen-bond acceptors (Lipinski definition) is 5. The predicted molar refractivity (Wildman–Crippen MR) is 81.3 cm³/mol. The Morgan fingerprint density at radius 1 is 1.43 bits per heavy atom. The SMILES string of the molecule is Cc1cn2c(CNC(=O)c3nn(C)cc3N)c(C)nc2s1. The molecule has 0 radical (unpaired) electrons. The number of nitrogens with zero attached hydrogens (tertiary/aromatic N) is 4. The average Bonchev–Trinajstić information content (AvgIpc) is 3.00. The largest absolute Gasteiger partial charge is 0.396 e. The van der Waals surface area contributed by atoms with Gasteiger partial charge in [0.2, 0.25) is 0 Å². The molecule has 3 N–H and O–H groups in total. The van der Waals surface area contributed by atoms with E-state index in [4.69, 9.17) is 5.73 Å². The van der Waals surface area contributed by atoms with Crippen LogP contribution in [0.2, 0.25) is 0 Å². The lowest BCUT2D eigenvalue weighted by atomic mass is 10.3. The Labute approximate surface area is 125 Å². The molecule has 0 aliphatic carbocycles. The molecule has 3 heterocycles. The second-order valence-electron chi connectivity index (χ2n) is 4.93. The number of thiazole rings is 1. The molecule has 0 atom stereocenters. The Kier molecular flexibility index (Phi) is 3.17. The topological polar surface area (TPSA) is 90.2 Å². The summed E-state index contributed by atoms with van der Waals surface area (Å²) in [6, 6.07) is 0. The summed E-state index contributed by atoms with van der Waals surface area (Å²) in [7, 11) is 1.73. The van der Waals surface area contributed by atoms with Crippen molar-refractivity contribution in [1.82, 2.24) is 24.5 Å². The maximum absolute atomic E-state index is 12.1. The third-order valence-electron chi connectivity index (χ3n) is 3.23. The van der Waals surface area contributed by atoms with Crippen molar-refractivity contribution >= 4 is 27.9 Å². The van der Waals surface area contributed by atoms with E-state index in [9.17, 15) is 4.79 Å². The molecule has 0 aliphatic heterocycles. The molecule has 110 valence electrons. The summed E-state index contributed by atoms with van der Waals surface area (Å²) < 4.78 is 3.53. The molecule has 1 amide bonds. The van der Waals surface area contributed by atoms with Gasteiger partial charge >= 0.3 is 0 Å². The molecule has 3 aromatic rings. The fourth-order valence-corrected chi connectivity index (χ4v) is 3.14. The molecule has 21 heavy (non-hydrogen) atoms. The highest BCUT2D eigenvalue weighted by molar-refractivity contribution is 7.17. The quantitative estimate of drug-likeness (QED) is 0.762. The van der Waals surface area contributed by atoms with Crippen molar-refractivity contribution in [3.8, 4) is 0 Å². The van der Waals surface area contributed by atoms with Crippen molar-refractivity contribution in [3.63, 3.8) is 0 Å². The van der Waals surface area contributed by atoms with Gasteiger partial charge in [0.25, 0.3) is 5.91 Å². The number of imidazole rings is 1. The molecule has 3 rings (SSSR count). The molecule has 3 aromatic heterocycles. The highest BCUT2D eigenvalue weighted by Crippen LogP contribution is 2.20. The Morgan fingerprint density at radius 3 is 2.86 bits per heavy atom. The Hall–Kier alpha value is -2.35. The highest BCUT2D eigenvalue weighted by atomic mass is 32.1. The van der Waals surface area contributed by atoms with E-state index in [0.717, 1.165) is 16.3 Å². The van der Waals surface area contributed by atoms with Crippen LogP contribution in [0, 0.1) is 13.8 Å². The first kappa shape index (κ1) is 13.6. The van der Waals surface area contributed by atoms with E-state index < -0.39 is 0 Å². The predicted octanol–water partition coefficient (Wildman–Crippen LogP) is 1.26. The van der Waals surface area contributed by atoms with Crippen molar-refractivity contribution in [2.75, 3.05) is 5.73 Å². The number of carbonyl (C=O) groups excluding carboxylic acids is 1. The number of rotatable bonds is 3. The first-order chi connectivity index (χ1) is 9.95. The zero-order chi connectivity index (χ0) is 15.1. The number of aryl methyl sites for hydroxylation is 3. The van der Waals surface area contributed by atoms with Crippen LogP contribution in [0.5, 0.6) is 0 Å². The van der Waals surface area contributed by atoms with Gasteiger partial charge in [-0.1, -0.05) is 0 Å². The summed E-state index contributed by atoms with van der Waals surface area (Å²) in [5.41, 5.74) is 8.26. The van der Waals surface area contributed by atoms with Gasteiger partial charge < -0.3 is 11.1 Å². The van der Waals surface area contributed by atoms with E-state index in [1.165, 1.54) is 9.56 Å². The molecule has 0 saturated heterocycles. The van der Waals surface area contributed by atoms with Gasteiger partial charge in [0.1, 0.15) is 0 Å². The molecule has 0 unspecified atom stereocenters. The summed E-state index contributed by atoms with van der Waals surface area (Å²) in [6.07, 6.45) is 3.63. The number of carbonyl (C=O) groups is 1. The maximum Gasteiger partial charge on any atom is 0.274 e. The Morgan fingerprint density at radius 2 is 2.19 bits per heavy atom. The van der Waals surface area contributed by atoms with Crippen LogP contribution < -0.4 is 11.1 Å². The highest BCUT2D eigenvalue weighted by Gasteiger charge is 2.16. The molecular formula is C13H16N6OS. The van der Waals surface area contributed by atoms with Crippen molar-refractivity contribution < 1.29 is 4.79 Å². The lowest BCUT2D eigenvalue weighted by Gasteiger charge is -2.04. The van der Waals surface area contributed by atoms with E-state index in [1.807, 2.05) is 24.4 Å². The van der Waals surface area contributed by atoms with Crippen LogP contribution in [0.1, 0.15) is 26.8 Å². The Bertz CT molecular complexity index is 827. The fourth-order valence-electron chi connectivity index (χ4n) is 2.25. The van der Waals surface area contributed by atoms with Crippen LogP contribution in [0.25, 0.3) is 4.96 Å². The third-order valence-corrected chi connectivity index (χ3v) is 4.13. The zero-order valence-electron chi connectivity index (χ0n) is 12.0. The van der Waals surface area contributed by atoms with Gasteiger partial charge in [0.05, 0.1) is 23.6 Å². The van der Waals surface area contributed by atoms with Crippen LogP contribution in [0.4, 0.5) is 5.69 Å². The number of anilines is 1. The summed E-state index contributed by atoms with van der Waals surface area (Å²) >= 11 is 1.63. The average molecular weight is 304 g/mol. The van der Waals surface area contributed by atoms with Crippen LogP contribution in [0.15, 0.2) is 12.4 Å². The van der Waals surface area contributed by atoms with Crippen molar-refractivity contribution in [2.24, 2.45) is 7.05 Å². The normalized spacial score (nSPS) is 11.2. The Balaban J connectivity index is 1.81. The first-order valence-corrected chi connectivity index (χ1v) is 7.28. The van der Waals surface area contributed by atoms with Gasteiger partial charge in [-0.25, -0.2) is 4.98 Å². The first-order valence-electron chi connectivity index (χ1n) is 6.47. The molecule has 0 spiro atoms. The van der Waals surface area contributed by atoms with Gasteiger partial charge in [-0.05, 0) is 13.8 Å². The molecular weight excluding hydrogens is 288 g/mol. The number of nitrogens with one attached hydrogen (secondary N) is 1. The number of nitrogen functional groups attached to an aromatic ring is 1. The molecule has 0 saturated carbocycles. The number of fused-ring (bicyclic) bond motifs is 1. The molecule has 7 nitrogen and oxygen atoms in total. The minimum atomic E-state index is -0.283. The van der Waals surface area contributed by atoms with Gasteiger partial charge in [-0.15, -0.1) is 11.3 Å². The standard InChI is InChI=1S/C13H16N6OS/c1-7-5-19-10(8(2)16-13(19)21-7)4-15-12(20)11-9(14)6-18(3)17-11/h5-6H,4,14H2,1-3H3,(H,15,20). The monoisotopic (exact) mass is 304 g/mol. The van der Waals surface area contributed by atoms with Gasteiger partial charge in [-0.2, -0.15) is 5.10 Å². The lowest BCUT2D eigenvalue weighted by Crippen LogP contribution is -2.25. The van der Waals surface area contributed by atoms with Gasteiger partial charge in [-0.3, -0.25) is 13.9 Å². The summed E-state index contributed by atoms with van der Waals surface area (Å²) in [4.78, 5) is 18.7. The minimum Gasteiger partial charge on any atom is -0.396 e. The van der Waals surface area contributed by atoms with E-state index in [1.54, 1.807) is 24.6 Å². The summed E-state index contributed by atoms with van der Waals surface area (Å²) in [5, 5.41) is 6.90. The zero-order valence-corrected chi connectivity index (χ0v) is 12.9. The van der Waals surface area contributed by atoms with Gasteiger partial charge in [0, 0.05) is 24.3 Å². The second kappa shape index (κ2) is 4.88. The summed E-state index contributed by atoms with van der Waals surface area (Å²) in [6.45, 7) is 4.36. The number of aromatic nitrogens is 4. The number of nitrogens with two attached hydrogens (primary N) is 1. The summed E-state index contributed by atoms with van der Waals surface area (Å²) in [5.74, 6) is -0.283. The molecule has 0 aromatic carbocycles. The van der Waals surface area contributed by atoms with E-state index in [2.05, 4.69) is 15.4 Å². The molecule has 0 bridgehead atoms. The maximum atomic E-state index is 12.1. The van der Waals surface area contributed by atoms with E-state index in [-0.39, 0.29) is 11.6 Å². The van der Waals surface area contributed by atoms with Crippen molar-refractivity contribution in [1.29, 1.82) is 0 Å². The second-order valence-corrected chi connectivity index (χ2v) is 6.14. The third kappa shape index (κ3) is 2.38. The van der Waals surface area contributed by atoms with Crippen molar-refractivity contribution in [2.45, 2.75) is 20.4 Å².